The van der Waals surface area contributed by atoms with Crippen molar-refractivity contribution in [2.24, 2.45) is 0 Å². The van der Waals surface area contributed by atoms with E-state index in [9.17, 15) is 9.18 Å². The molecular formula is C11H16FN3O2. The molecule has 2 N–H and O–H groups in total. The summed E-state index contributed by atoms with van der Waals surface area (Å²) in [4.78, 5) is 15.1. The van der Waals surface area contributed by atoms with Crippen LogP contribution in [0.4, 0.5) is 4.39 Å². The highest BCUT2D eigenvalue weighted by molar-refractivity contribution is 5.94. The first-order valence-corrected chi connectivity index (χ1v) is 5.33. The highest BCUT2D eigenvalue weighted by Gasteiger charge is 2.09. The lowest BCUT2D eigenvalue weighted by molar-refractivity contribution is 0.0949. The van der Waals surface area contributed by atoms with Gasteiger partial charge in [0, 0.05) is 32.9 Å². The molecule has 0 bridgehead atoms. The van der Waals surface area contributed by atoms with E-state index in [4.69, 9.17) is 4.74 Å². The lowest BCUT2D eigenvalue weighted by Crippen LogP contribution is -2.33. The van der Waals surface area contributed by atoms with Gasteiger partial charge in [0.25, 0.3) is 5.91 Å². The molecule has 1 aromatic rings. The van der Waals surface area contributed by atoms with Gasteiger partial charge in [-0.1, -0.05) is 0 Å². The molecule has 1 heterocycles. The van der Waals surface area contributed by atoms with Gasteiger partial charge in [-0.3, -0.25) is 9.78 Å². The Kier molecular flexibility index (Phi) is 6.13. The van der Waals surface area contributed by atoms with Crippen molar-refractivity contribution in [3.8, 4) is 0 Å². The molecule has 1 aromatic heterocycles. The Morgan fingerprint density at radius 3 is 3.00 bits per heavy atom. The van der Waals surface area contributed by atoms with E-state index >= 15 is 0 Å². The maximum atomic E-state index is 13.2. The first kappa shape index (κ1) is 13.5. The van der Waals surface area contributed by atoms with Crippen LogP contribution in [0.15, 0.2) is 18.5 Å². The number of amides is 1. The Balaban J connectivity index is 2.24. The summed E-state index contributed by atoms with van der Waals surface area (Å²) in [5.74, 6) is -1.05. The highest BCUT2D eigenvalue weighted by atomic mass is 19.1. The van der Waals surface area contributed by atoms with Crippen molar-refractivity contribution in [3.63, 3.8) is 0 Å². The van der Waals surface area contributed by atoms with Crippen LogP contribution in [-0.2, 0) is 4.74 Å². The summed E-state index contributed by atoms with van der Waals surface area (Å²) in [6.45, 7) is 2.38. The van der Waals surface area contributed by atoms with Crippen LogP contribution in [0.2, 0.25) is 0 Å². The number of pyridine rings is 1. The third-order valence-corrected chi connectivity index (χ3v) is 2.09. The van der Waals surface area contributed by atoms with Crippen LogP contribution >= 0.6 is 0 Å². The van der Waals surface area contributed by atoms with Gasteiger partial charge in [0.15, 0.2) is 5.82 Å². The fourth-order valence-corrected chi connectivity index (χ4v) is 1.22. The molecule has 0 aliphatic heterocycles. The molecule has 0 atom stereocenters. The van der Waals surface area contributed by atoms with Crippen LogP contribution in [0, 0.1) is 5.82 Å². The number of carbonyl (C=O) groups is 1. The minimum atomic E-state index is -0.614. The molecule has 5 nitrogen and oxygen atoms in total. The van der Waals surface area contributed by atoms with E-state index in [2.05, 4.69) is 15.6 Å². The summed E-state index contributed by atoms with van der Waals surface area (Å²) in [5, 5.41) is 5.67. The third kappa shape index (κ3) is 4.88. The maximum absolute atomic E-state index is 13.2. The molecule has 0 aliphatic rings. The lowest BCUT2D eigenvalue weighted by Gasteiger charge is -2.06. The number of halogens is 1. The number of aromatic nitrogens is 1. The molecule has 6 heteroatoms. The van der Waals surface area contributed by atoms with E-state index in [0.717, 1.165) is 12.7 Å². The predicted molar refractivity (Wildman–Crippen MR) is 61.3 cm³/mol. The number of rotatable bonds is 7. The molecule has 17 heavy (non-hydrogen) atoms. The van der Waals surface area contributed by atoms with Gasteiger partial charge in [0.2, 0.25) is 0 Å². The van der Waals surface area contributed by atoms with Gasteiger partial charge in [-0.05, 0) is 6.07 Å². The minimum Gasteiger partial charge on any atom is -0.383 e. The van der Waals surface area contributed by atoms with E-state index in [1.54, 1.807) is 7.11 Å². The fourth-order valence-electron chi connectivity index (χ4n) is 1.22. The Hall–Kier alpha value is -1.53. The molecule has 94 valence electrons. The van der Waals surface area contributed by atoms with Gasteiger partial charge in [-0.15, -0.1) is 0 Å². The smallest absolute Gasteiger partial charge is 0.254 e. The first-order valence-electron chi connectivity index (χ1n) is 5.33. The van der Waals surface area contributed by atoms with Gasteiger partial charge in [0.05, 0.1) is 18.4 Å². The predicted octanol–water partition coefficient (Wildman–Crippen LogP) is 0.186. The zero-order valence-corrected chi connectivity index (χ0v) is 9.70. The van der Waals surface area contributed by atoms with Crippen molar-refractivity contribution < 1.29 is 13.9 Å². The average Bonchev–Trinajstić information content (AvgIpc) is 2.34. The van der Waals surface area contributed by atoms with Crippen molar-refractivity contribution in [1.29, 1.82) is 0 Å². The van der Waals surface area contributed by atoms with Crippen LogP contribution in [0.5, 0.6) is 0 Å². The number of nitrogens with zero attached hydrogens (tertiary/aromatic N) is 1. The third-order valence-electron chi connectivity index (χ3n) is 2.09. The van der Waals surface area contributed by atoms with Crippen molar-refractivity contribution >= 4 is 5.91 Å². The number of hydrogen-bond donors (Lipinski definition) is 2. The zero-order valence-electron chi connectivity index (χ0n) is 9.70. The summed E-state index contributed by atoms with van der Waals surface area (Å²) in [7, 11) is 1.62. The quantitative estimate of drug-likeness (QED) is 0.669. The second-order valence-electron chi connectivity index (χ2n) is 3.35. The summed E-state index contributed by atoms with van der Waals surface area (Å²) < 4.78 is 18.0. The molecule has 0 fully saturated rings. The number of carbonyl (C=O) groups excluding carboxylic acids is 1. The lowest BCUT2D eigenvalue weighted by atomic mass is 10.2. The Morgan fingerprint density at radius 1 is 1.47 bits per heavy atom. The van der Waals surface area contributed by atoms with Gasteiger partial charge in [0.1, 0.15) is 0 Å². The van der Waals surface area contributed by atoms with E-state index in [1.165, 1.54) is 12.3 Å². The molecule has 0 saturated heterocycles. The average molecular weight is 241 g/mol. The van der Waals surface area contributed by atoms with Gasteiger partial charge >= 0.3 is 0 Å². The van der Waals surface area contributed by atoms with Gasteiger partial charge in [-0.25, -0.2) is 4.39 Å². The summed E-state index contributed by atoms with van der Waals surface area (Å²) >= 11 is 0. The molecule has 0 radical (unpaired) electrons. The van der Waals surface area contributed by atoms with E-state index in [0.29, 0.717) is 19.7 Å². The van der Waals surface area contributed by atoms with Crippen molar-refractivity contribution in [2.75, 3.05) is 33.4 Å². The monoisotopic (exact) mass is 241 g/mol. The van der Waals surface area contributed by atoms with Crippen molar-refractivity contribution in [1.82, 2.24) is 15.6 Å². The number of hydrogen-bond acceptors (Lipinski definition) is 4. The van der Waals surface area contributed by atoms with Crippen LogP contribution in [0.25, 0.3) is 0 Å². The second kappa shape index (κ2) is 7.70. The van der Waals surface area contributed by atoms with Crippen molar-refractivity contribution in [3.05, 3.63) is 29.8 Å². The largest absolute Gasteiger partial charge is 0.383 e. The standard InChI is InChI=1S/C11H16FN3O2/c1-17-7-6-13-4-5-15-11(16)9-2-3-14-8-10(9)12/h2-3,8,13H,4-7H2,1H3,(H,15,16). The SMILES string of the molecule is COCCNCCNC(=O)c1ccncc1F. The molecule has 0 spiro atoms. The maximum Gasteiger partial charge on any atom is 0.254 e. The molecule has 0 aliphatic carbocycles. The van der Waals surface area contributed by atoms with Gasteiger partial charge < -0.3 is 15.4 Å². The molecule has 1 rings (SSSR count). The zero-order chi connectivity index (χ0) is 12.5. The van der Waals surface area contributed by atoms with Crippen LogP contribution in [0.3, 0.4) is 0 Å². The topological polar surface area (TPSA) is 63.2 Å². The molecular weight excluding hydrogens is 225 g/mol. The molecule has 1 amide bonds. The number of methoxy groups -OCH3 is 1. The second-order valence-corrected chi connectivity index (χ2v) is 3.35. The van der Waals surface area contributed by atoms with E-state index in [-0.39, 0.29) is 5.56 Å². The van der Waals surface area contributed by atoms with E-state index < -0.39 is 11.7 Å². The summed E-state index contributed by atoms with van der Waals surface area (Å²) in [5.41, 5.74) is 0.0110. The van der Waals surface area contributed by atoms with Crippen LogP contribution < -0.4 is 10.6 Å². The summed E-state index contributed by atoms with van der Waals surface area (Å²) in [6.07, 6.45) is 2.40. The Morgan fingerprint density at radius 2 is 2.29 bits per heavy atom. The first-order chi connectivity index (χ1) is 8.25. The minimum absolute atomic E-state index is 0.0110. The van der Waals surface area contributed by atoms with Gasteiger partial charge in [-0.2, -0.15) is 0 Å². The molecule has 0 unspecified atom stereocenters. The Bertz CT molecular complexity index is 360. The molecule has 0 saturated carbocycles. The van der Waals surface area contributed by atoms with Crippen LogP contribution in [0.1, 0.15) is 10.4 Å². The highest BCUT2D eigenvalue weighted by Crippen LogP contribution is 2.03. The fraction of sp³-hybridized carbons (Fsp3) is 0.455. The Labute approximate surface area is 99.4 Å². The number of ether oxygens (including phenoxy) is 1. The summed E-state index contributed by atoms with van der Waals surface area (Å²) in [6, 6.07) is 1.35. The normalized spacial score (nSPS) is 10.2. The number of nitrogens with one attached hydrogen (secondary N) is 2. The molecule has 0 aromatic carbocycles. The van der Waals surface area contributed by atoms with Crippen LogP contribution in [-0.4, -0.2) is 44.2 Å². The van der Waals surface area contributed by atoms with E-state index in [1.807, 2.05) is 0 Å². The van der Waals surface area contributed by atoms with Crippen molar-refractivity contribution in [2.45, 2.75) is 0 Å².